The van der Waals surface area contributed by atoms with Gasteiger partial charge in [-0.05, 0) is 23.3 Å². The van der Waals surface area contributed by atoms with Crippen LogP contribution in [0.3, 0.4) is 0 Å². The summed E-state index contributed by atoms with van der Waals surface area (Å²) >= 11 is 0. The Morgan fingerprint density at radius 1 is 1.13 bits per heavy atom. The molecule has 122 valence electrons. The summed E-state index contributed by atoms with van der Waals surface area (Å²) in [6.45, 7) is 0.319. The minimum atomic E-state index is -0.962. The summed E-state index contributed by atoms with van der Waals surface area (Å²) in [6, 6.07) is 14.6. The van der Waals surface area contributed by atoms with E-state index in [2.05, 4.69) is 10.6 Å². The van der Waals surface area contributed by atoms with Gasteiger partial charge in [0, 0.05) is 29.4 Å². The minimum absolute atomic E-state index is 0.319. The van der Waals surface area contributed by atoms with Crippen molar-refractivity contribution in [2.24, 2.45) is 0 Å². The van der Waals surface area contributed by atoms with E-state index in [1.165, 1.54) is 12.1 Å². The van der Waals surface area contributed by atoms with Crippen LogP contribution in [0.5, 0.6) is 0 Å². The van der Waals surface area contributed by atoms with Gasteiger partial charge in [-0.25, -0.2) is 9.18 Å². The van der Waals surface area contributed by atoms with Gasteiger partial charge >= 0.3 is 6.03 Å². The van der Waals surface area contributed by atoms with Crippen molar-refractivity contribution in [1.82, 2.24) is 10.6 Å². The van der Waals surface area contributed by atoms with E-state index in [0.717, 1.165) is 5.56 Å². The summed E-state index contributed by atoms with van der Waals surface area (Å²) in [4.78, 5) is 12.1. The molecule has 0 radical (unpaired) electrons. The van der Waals surface area contributed by atoms with Crippen LogP contribution in [0, 0.1) is 5.82 Å². The number of hydrogen-bond acceptors (Lipinski definition) is 2. The SMILES string of the molecule is CS(=O)CCNC(=O)NC(c1ccccc1)c1cccc(F)c1. The van der Waals surface area contributed by atoms with Crippen molar-refractivity contribution in [1.29, 1.82) is 0 Å². The zero-order chi connectivity index (χ0) is 16.7. The molecule has 2 rings (SSSR count). The molecular weight excluding hydrogens is 315 g/mol. The van der Waals surface area contributed by atoms with Crippen molar-refractivity contribution in [3.05, 3.63) is 71.5 Å². The summed E-state index contributed by atoms with van der Waals surface area (Å²) in [5, 5.41) is 5.50. The van der Waals surface area contributed by atoms with Gasteiger partial charge in [0.1, 0.15) is 5.82 Å². The van der Waals surface area contributed by atoms with E-state index in [-0.39, 0.29) is 11.8 Å². The highest BCUT2D eigenvalue weighted by Gasteiger charge is 2.17. The molecule has 0 fully saturated rings. The smallest absolute Gasteiger partial charge is 0.315 e. The van der Waals surface area contributed by atoms with Gasteiger partial charge in [-0.15, -0.1) is 0 Å². The van der Waals surface area contributed by atoms with Gasteiger partial charge in [0.2, 0.25) is 0 Å². The molecule has 6 heteroatoms. The first-order valence-electron chi connectivity index (χ1n) is 7.21. The zero-order valence-electron chi connectivity index (χ0n) is 12.8. The van der Waals surface area contributed by atoms with Gasteiger partial charge < -0.3 is 10.6 Å². The molecule has 2 aromatic carbocycles. The highest BCUT2D eigenvalue weighted by Crippen LogP contribution is 2.22. The molecule has 4 nitrogen and oxygen atoms in total. The fraction of sp³-hybridized carbons (Fsp3) is 0.235. The third kappa shape index (κ3) is 5.49. The second kappa shape index (κ2) is 8.43. The number of amides is 2. The zero-order valence-corrected chi connectivity index (χ0v) is 13.6. The molecule has 2 atom stereocenters. The molecule has 0 saturated heterocycles. The highest BCUT2D eigenvalue weighted by atomic mass is 32.2. The monoisotopic (exact) mass is 334 g/mol. The molecule has 2 N–H and O–H groups in total. The molecular formula is C17H19FN2O2S. The molecule has 0 aliphatic heterocycles. The van der Waals surface area contributed by atoms with Gasteiger partial charge in [-0.3, -0.25) is 4.21 Å². The predicted octanol–water partition coefficient (Wildman–Crippen LogP) is 2.59. The predicted molar refractivity (Wildman–Crippen MR) is 90.2 cm³/mol. The maximum absolute atomic E-state index is 13.5. The summed E-state index contributed by atoms with van der Waals surface area (Å²) in [7, 11) is -0.962. The maximum Gasteiger partial charge on any atom is 0.315 e. The Hall–Kier alpha value is -2.21. The van der Waals surface area contributed by atoms with E-state index >= 15 is 0 Å². The van der Waals surface area contributed by atoms with Gasteiger partial charge in [0.05, 0.1) is 6.04 Å². The lowest BCUT2D eigenvalue weighted by molar-refractivity contribution is 0.239. The third-order valence-corrected chi connectivity index (χ3v) is 4.04. The average molecular weight is 334 g/mol. The molecule has 0 bridgehead atoms. The molecule has 0 aliphatic carbocycles. The molecule has 2 unspecified atom stereocenters. The lowest BCUT2D eigenvalue weighted by Gasteiger charge is -2.20. The van der Waals surface area contributed by atoms with Gasteiger partial charge in [-0.1, -0.05) is 42.5 Å². The molecule has 23 heavy (non-hydrogen) atoms. The Labute approximate surface area is 137 Å². The quantitative estimate of drug-likeness (QED) is 0.853. The van der Waals surface area contributed by atoms with Crippen molar-refractivity contribution < 1.29 is 13.4 Å². The summed E-state index contributed by atoms with van der Waals surface area (Å²) in [5.74, 6) is 0.0376. The molecule has 0 aliphatic rings. The second-order valence-electron chi connectivity index (χ2n) is 5.08. The van der Waals surface area contributed by atoms with Gasteiger partial charge in [0.25, 0.3) is 0 Å². The fourth-order valence-corrected chi connectivity index (χ4v) is 2.57. The topological polar surface area (TPSA) is 58.2 Å². The van der Waals surface area contributed by atoms with Crippen LogP contribution >= 0.6 is 0 Å². The Morgan fingerprint density at radius 2 is 1.83 bits per heavy atom. The normalized spacial score (nSPS) is 13.1. The van der Waals surface area contributed by atoms with Crippen molar-refractivity contribution in [3.8, 4) is 0 Å². The highest BCUT2D eigenvalue weighted by molar-refractivity contribution is 7.84. The summed E-state index contributed by atoms with van der Waals surface area (Å²) < 4.78 is 24.5. The van der Waals surface area contributed by atoms with E-state index < -0.39 is 16.8 Å². The first-order valence-corrected chi connectivity index (χ1v) is 8.94. The fourth-order valence-electron chi connectivity index (χ4n) is 2.18. The van der Waals surface area contributed by atoms with Gasteiger partial charge in [0.15, 0.2) is 0 Å². The van der Waals surface area contributed by atoms with Crippen LogP contribution in [0.2, 0.25) is 0 Å². The summed E-state index contributed by atoms with van der Waals surface area (Å²) in [6.07, 6.45) is 1.58. The van der Waals surface area contributed by atoms with Crippen molar-refractivity contribution in [2.45, 2.75) is 6.04 Å². The Bertz CT molecular complexity index is 679. The number of halogens is 1. The number of hydrogen-bond donors (Lipinski definition) is 2. The van der Waals surface area contributed by atoms with Gasteiger partial charge in [-0.2, -0.15) is 0 Å². The number of nitrogens with one attached hydrogen (secondary N) is 2. The molecule has 0 saturated carbocycles. The van der Waals surface area contributed by atoms with E-state index in [4.69, 9.17) is 0 Å². The van der Waals surface area contributed by atoms with E-state index in [1.807, 2.05) is 30.3 Å². The first kappa shape index (κ1) is 17.1. The number of carbonyl (C=O) groups is 1. The van der Waals surface area contributed by atoms with Crippen LogP contribution in [0.25, 0.3) is 0 Å². The van der Waals surface area contributed by atoms with Crippen molar-refractivity contribution >= 4 is 16.8 Å². The molecule has 2 amide bonds. The van der Waals surface area contributed by atoms with Crippen LogP contribution in [-0.2, 0) is 10.8 Å². The summed E-state index contributed by atoms with van der Waals surface area (Å²) in [5.41, 5.74) is 1.51. The lowest BCUT2D eigenvalue weighted by atomic mass is 9.99. The number of benzene rings is 2. The largest absolute Gasteiger partial charge is 0.337 e. The maximum atomic E-state index is 13.5. The molecule has 0 heterocycles. The van der Waals surface area contributed by atoms with E-state index in [9.17, 15) is 13.4 Å². The Morgan fingerprint density at radius 3 is 2.48 bits per heavy atom. The van der Waals surface area contributed by atoms with Crippen LogP contribution in [-0.4, -0.2) is 28.8 Å². The molecule has 0 spiro atoms. The van der Waals surface area contributed by atoms with Crippen LogP contribution in [0.15, 0.2) is 54.6 Å². The first-order chi connectivity index (χ1) is 11.1. The van der Waals surface area contributed by atoms with E-state index in [1.54, 1.807) is 18.4 Å². The number of urea groups is 1. The number of rotatable bonds is 6. The minimum Gasteiger partial charge on any atom is -0.337 e. The third-order valence-electron chi connectivity index (χ3n) is 3.27. The van der Waals surface area contributed by atoms with Crippen molar-refractivity contribution in [3.63, 3.8) is 0 Å². The van der Waals surface area contributed by atoms with Crippen molar-refractivity contribution in [2.75, 3.05) is 18.6 Å². The average Bonchev–Trinajstić information content (AvgIpc) is 2.53. The Kier molecular flexibility index (Phi) is 6.29. The molecule has 0 aromatic heterocycles. The lowest BCUT2D eigenvalue weighted by Crippen LogP contribution is -2.39. The van der Waals surface area contributed by atoms with E-state index in [0.29, 0.717) is 17.9 Å². The van der Waals surface area contributed by atoms with Crippen LogP contribution in [0.1, 0.15) is 17.2 Å². The van der Waals surface area contributed by atoms with Crippen LogP contribution in [0.4, 0.5) is 9.18 Å². The standard InChI is InChI=1S/C17H19FN2O2S/c1-23(22)11-10-19-17(21)20-16(13-6-3-2-4-7-13)14-8-5-9-15(18)12-14/h2-9,12,16H,10-11H2,1H3,(H2,19,20,21). The Balaban J connectivity index is 2.15. The second-order valence-corrected chi connectivity index (χ2v) is 6.63. The number of carbonyl (C=O) groups excluding carboxylic acids is 1. The van der Waals surface area contributed by atoms with Crippen LogP contribution < -0.4 is 10.6 Å². The molecule has 2 aromatic rings.